The largest absolute Gasteiger partial charge is 0.338 e. The van der Waals surface area contributed by atoms with E-state index in [9.17, 15) is 4.79 Å². The van der Waals surface area contributed by atoms with Crippen molar-refractivity contribution in [3.05, 3.63) is 81.4 Å². The molecule has 0 spiro atoms. The van der Waals surface area contributed by atoms with Gasteiger partial charge in [-0.1, -0.05) is 35.3 Å². The Kier molecular flexibility index (Phi) is 5.23. The number of pyridine rings is 1. The highest BCUT2D eigenvalue weighted by atomic mass is 35.5. The summed E-state index contributed by atoms with van der Waals surface area (Å²) in [6, 6.07) is 14.7. The first-order valence-electron chi connectivity index (χ1n) is 9.20. The van der Waals surface area contributed by atoms with E-state index in [-0.39, 0.29) is 5.91 Å². The maximum atomic E-state index is 12.4. The van der Waals surface area contributed by atoms with Crippen LogP contribution in [0.4, 0.5) is 5.69 Å². The van der Waals surface area contributed by atoms with Crippen LogP contribution in [-0.4, -0.2) is 26.0 Å². The minimum absolute atomic E-state index is 0.228. The lowest BCUT2D eigenvalue weighted by Crippen LogP contribution is -2.19. The van der Waals surface area contributed by atoms with Crippen molar-refractivity contribution in [3.63, 3.8) is 0 Å². The Balaban J connectivity index is 1.43. The SMILES string of the molecule is O=C1N/C(=N/c2c(Cl)cccc2Cl)S/C1=C\c1ccc2nc(-c3ccncc3)[nH]c2c1. The number of nitrogens with zero attached hydrogens (tertiary/aromatic N) is 3. The van der Waals surface area contributed by atoms with Crippen LogP contribution in [0.1, 0.15) is 5.56 Å². The second-order valence-electron chi connectivity index (χ2n) is 6.65. The Bertz CT molecular complexity index is 1360. The number of benzene rings is 2. The third kappa shape index (κ3) is 4.07. The maximum Gasteiger partial charge on any atom is 0.264 e. The van der Waals surface area contributed by atoms with Crippen molar-refractivity contribution >= 4 is 68.8 Å². The van der Waals surface area contributed by atoms with Crippen LogP contribution in [0.15, 0.2) is 70.8 Å². The molecule has 9 heteroatoms. The van der Waals surface area contributed by atoms with Crippen LogP contribution in [0, 0.1) is 0 Å². The molecule has 5 rings (SSSR count). The van der Waals surface area contributed by atoms with Crippen molar-refractivity contribution in [1.29, 1.82) is 0 Å². The van der Waals surface area contributed by atoms with Gasteiger partial charge in [0.05, 0.1) is 26.0 Å². The number of H-pyrrole nitrogens is 1. The first kappa shape index (κ1) is 19.8. The minimum atomic E-state index is -0.228. The molecular formula is C22H13Cl2N5OS. The molecule has 4 aromatic rings. The molecule has 0 atom stereocenters. The zero-order valence-corrected chi connectivity index (χ0v) is 18.1. The standard InChI is InChI=1S/C22H13Cl2N5OS/c23-14-2-1-3-15(24)19(14)28-22-29-21(30)18(31-22)11-12-4-5-16-17(10-12)27-20(26-16)13-6-8-25-9-7-13/h1-11H,(H,26,27)(H,28,29,30)/b18-11-. The van der Waals surface area contributed by atoms with Gasteiger partial charge in [0.15, 0.2) is 5.17 Å². The number of amides is 1. The molecule has 152 valence electrons. The number of amidine groups is 1. The molecular weight excluding hydrogens is 453 g/mol. The number of thioether (sulfide) groups is 1. The van der Waals surface area contributed by atoms with Crippen molar-refractivity contribution in [1.82, 2.24) is 20.3 Å². The molecule has 2 aromatic carbocycles. The number of aliphatic imine (C=N–C) groups is 1. The quantitative estimate of drug-likeness (QED) is 0.373. The maximum absolute atomic E-state index is 12.4. The Morgan fingerprint density at radius 1 is 1.03 bits per heavy atom. The van der Waals surface area contributed by atoms with Crippen LogP contribution in [0.25, 0.3) is 28.5 Å². The van der Waals surface area contributed by atoms with Gasteiger partial charge in [0, 0.05) is 18.0 Å². The number of fused-ring (bicyclic) bond motifs is 1. The highest BCUT2D eigenvalue weighted by Crippen LogP contribution is 2.35. The fourth-order valence-electron chi connectivity index (χ4n) is 3.09. The highest BCUT2D eigenvalue weighted by molar-refractivity contribution is 8.18. The average molecular weight is 466 g/mol. The first-order valence-corrected chi connectivity index (χ1v) is 10.8. The molecule has 1 aliphatic heterocycles. The fourth-order valence-corrected chi connectivity index (χ4v) is 4.40. The van der Waals surface area contributed by atoms with E-state index >= 15 is 0 Å². The molecule has 0 unspecified atom stereocenters. The van der Waals surface area contributed by atoms with E-state index in [1.807, 2.05) is 36.4 Å². The molecule has 31 heavy (non-hydrogen) atoms. The number of para-hydroxylation sites is 1. The van der Waals surface area contributed by atoms with E-state index in [1.54, 1.807) is 30.6 Å². The Labute approximate surface area is 191 Å². The van der Waals surface area contributed by atoms with Crippen LogP contribution in [0.5, 0.6) is 0 Å². The number of carbonyl (C=O) groups excluding carboxylic acids is 1. The van der Waals surface area contributed by atoms with Gasteiger partial charge in [-0.25, -0.2) is 9.98 Å². The number of hydrogen-bond acceptors (Lipinski definition) is 5. The summed E-state index contributed by atoms with van der Waals surface area (Å²) in [6.07, 6.45) is 5.26. The van der Waals surface area contributed by atoms with E-state index in [2.05, 4.69) is 25.3 Å². The third-order valence-corrected chi connectivity index (χ3v) is 6.08. The van der Waals surface area contributed by atoms with E-state index in [1.165, 1.54) is 11.8 Å². The van der Waals surface area contributed by atoms with Crippen LogP contribution >= 0.6 is 35.0 Å². The van der Waals surface area contributed by atoms with E-state index in [4.69, 9.17) is 23.2 Å². The van der Waals surface area contributed by atoms with Crippen LogP contribution in [0.2, 0.25) is 10.0 Å². The van der Waals surface area contributed by atoms with Crippen molar-refractivity contribution in [2.45, 2.75) is 0 Å². The predicted molar refractivity (Wildman–Crippen MR) is 127 cm³/mol. The smallest absolute Gasteiger partial charge is 0.264 e. The lowest BCUT2D eigenvalue weighted by molar-refractivity contribution is -0.115. The number of imidazole rings is 1. The Morgan fingerprint density at radius 3 is 2.58 bits per heavy atom. The molecule has 3 heterocycles. The van der Waals surface area contributed by atoms with E-state index in [0.29, 0.717) is 25.8 Å². The van der Waals surface area contributed by atoms with Gasteiger partial charge in [0.1, 0.15) is 11.5 Å². The summed E-state index contributed by atoms with van der Waals surface area (Å²) in [5.41, 5.74) is 3.97. The number of rotatable bonds is 3. The normalized spacial score (nSPS) is 16.4. The monoisotopic (exact) mass is 465 g/mol. The number of halogens is 2. The van der Waals surface area contributed by atoms with Crippen molar-refractivity contribution in [2.24, 2.45) is 4.99 Å². The van der Waals surface area contributed by atoms with Gasteiger partial charge in [-0.15, -0.1) is 0 Å². The number of hydrogen-bond donors (Lipinski definition) is 2. The van der Waals surface area contributed by atoms with Gasteiger partial charge in [-0.05, 0) is 59.8 Å². The van der Waals surface area contributed by atoms with E-state index < -0.39 is 0 Å². The van der Waals surface area contributed by atoms with Gasteiger partial charge in [-0.2, -0.15) is 0 Å². The Hall–Kier alpha value is -3.13. The molecule has 1 amide bonds. The number of aromatic nitrogens is 3. The number of aromatic amines is 1. The first-order chi connectivity index (χ1) is 15.1. The lowest BCUT2D eigenvalue weighted by Gasteiger charge is -2.01. The topological polar surface area (TPSA) is 83.0 Å². The molecule has 1 fully saturated rings. The summed E-state index contributed by atoms with van der Waals surface area (Å²) >= 11 is 13.6. The summed E-state index contributed by atoms with van der Waals surface area (Å²) in [5, 5.41) is 4.01. The summed E-state index contributed by atoms with van der Waals surface area (Å²) < 4.78 is 0. The second kappa shape index (κ2) is 8.19. The lowest BCUT2D eigenvalue weighted by atomic mass is 10.2. The molecule has 6 nitrogen and oxygen atoms in total. The average Bonchev–Trinajstić information content (AvgIpc) is 3.34. The van der Waals surface area contributed by atoms with Crippen molar-refractivity contribution in [3.8, 4) is 11.4 Å². The van der Waals surface area contributed by atoms with Gasteiger partial charge >= 0.3 is 0 Å². The molecule has 2 N–H and O–H groups in total. The molecule has 0 radical (unpaired) electrons. The number of nitrogens with one attached hydrogen (secondary N) is 2. The van der Waals surface area contributed by atoms with Crippen LogP contribution < -0.4 is 5.32 Å². The molecule has 1 saturated heterocycles. The van der Waals surface area contributed by atoms with Crippen LogP contribution in [0.3, 0.4) is 0 Å². The molecule has 2 aromatic heterocycles. The fraction of sp³-hybridized carbons (Fsp3) is 0. The molecule has 0 bridgehead atoms. The highest BCUT2D eigenvalue weighted by Gasteiger charge is 2.24. The third-order valence-electron chi connectivity index (χ3n) is 4.56. The summed E-state index contributed by atoms with van der Waals surface area (Å²) in [6.45, 7) is 0. The number of carbonyl (C=O) groups is 1. The predicted octanol–water partition coefficient (Wildman–Crippen LogP) is 5.82. The summed E-state index contributed by atoms with van der Waals surface area (Å²) in [7, 11) is 0. The molecule has 1 aliphatic rings. The van der Waals surface area contributed by atoms with Gasteiger partial charge < -0.3 is 10.3 Å². The van der Waals surface area contributed by atoms with Crippen LogP contribution in [-0.2, 0) is 4.79 Å². The minimum Gasteiger partial charge on any atom is -0.338 e. The van der Waals surface area contributed by atoms with Crippen molar-refractivity contribution < 1.29 is 4.79 Å². The zero-order valence-electron chi connectivity index (χ0n) is 15.8. The van der Waals surface area contributed by atoms with E-state index in [0.717, 1.165) is 28.0 Å². The van der Waals surface area contributed by atoms with Crippen molar-refractivity contribution in [2.75, 3.05) is 0 Å². The van der Waals surface area contributed by atoms with Gasteiger partial charge in [-0.3, -0.25) is 9.78 Å². The molecule has 0 aliphatic carbocycles. The second-order valence-corrected chi connectivity index (χ2v) is 8.49. The summed E-state index contributed by atoms with van der Waals surface area (Å²) in [4.78, 5) is 29.3. The zero-order chi connectivity index (χ0) is 21.4. The Morgan fingerprint density at radius 2 is 1.81 bits per heavy atom. The molecule has 0 saturated carbocycles. The van der Waals surface area contributed by atoms with Gasteiger partial charge in [0.25, 0.3) is 5.91 Å². The van der Waals surface area contributed by atoms with Gasteiger partial charge in [0.2, 0.25) is 0 Å². The summed E-state index contributed by atoms with van der Waals surface area (Å²) in [5.74, 6) is 0.537.